The molecule has 4 nitrogen and oxygen atoms in total. The molecule has 1 amide bonds. The normalized spacial score (nSPS) is 15.8. The summed E-state index contributed by atoms with van der Waals surface area (Å²) in [5.74, 6) is -0.590. The molecule has 0 unspecified atom stereocenters. The van der Waals surface area contributed by atoms with Crippen LogP contribution in [0.15, 0.2) is 18.2 Å². The van der Waals surface area contributed by atoms with Gasteiger partial charge in [-0.25, -0.2) is 0 Å². The Bertz CT molecular complexity index is 418. The van der Waals surface area contributed by atoms with Gasteiger partial charge in [-0.1, -0.05) is 18.9 Å². The van der Waals surface area contributed by atoms with Crippen molar-refractivity contribution in [2.24, 2.45) is 0 Å². The highest BCUT2D eigenvalue weighted by atomic mass is 16.3. The Morgan fingerprint density at radius 3 is 2.33 bits per heavy atom. The van der Waals surface area contributed by atoms with E-state index < -0.39 is 0 Å². The Kier molecular flexibility index (Phi) is 3.75. The van der Waals surface area contributed by atoms with E-state index in [1.54, 1.807) is 4.90 Å². The van der Waals surface area contributed by atoms with Crippen LogP contribution in [0.2, 0.25) is 0 Å². The van der Waals surface area contributed by atoms with Gasteiger partial charge in [0.15, 0.2) is 0 Å². The molecule has 0 saturated heterocycles. The first-order chi connectivity index (χ1) is 8.65. The minimum atomic E-state index is -0.278. The Balaban J connectivity index is 2.28. The van der Waals surface area contributed by atoms with Crippen LogP contribution in [0.1, 0.15) is 43.0 Å². The number of phenols is 2. The molecule has 0 aromatic heterocycles. The molecular weight excluding hydrogens is 230 g/mol. The SMILES string of the molecule is CCN(C(=O)c1c(O)cccc1O)C1CCCC1. The standard InChI is InChI=1S/C14H19NO3/c1-2-15(10-6-3-4-7-10)14(18)13-11(16)8-5-9-12(13)17/h5,8-10,16-17H,2-4,6-7H2,1H3. The zero-order chi connectivity index (χ0) is 13.1. The van der Waals surface area contributed by atoms with Crippen LogP contribution in [0, 0.1) is 0 Å². The van der Waals surface area contributed by atoms with Gasteiger partial charge in [-0.05, 0) is 31.9 Å². The quantitative estimate of drug-likeness (QED) is 0.865. The number of rotatable bonds is 3. The Morgan fingerprint density at radius 2 is 1.83 bits per heavy atom. The average molecular weight is 249 g/mol. The molecule has 0 aliphatic heterocycles. The predicted molar refractivity (Wildman–Crippen MR) is 68.7 cm³/mol. The van der Waals surface area contributed by atoms with Gasteiger partial charge >= 0.3 is 0 Å². The third kappa shape index (κ3) is 2.28. The van der Waals surface area contributed by atoms with Crippen LogP contribution < -0.4 is 0 Å². The molecule has 0 heterocycles. The number of amides is 1. The lowest BCUT2D eigenvalue weighted by atomic mass is 10.1. The Morgan fingerprint density at radius 1 is 1.28 bits per heavy atom. The summed E-state index contributed by atoms with van der Waals surface area (Å²) >= 11 is 0. The Labute approximate surface area is 107 Å². The first-order valence-electron chi connectivity index (χ1n) is 6.47. The van der Waals surface area contributed by atoms with Crippen LogP contribution in [0.3, 0.4) is 0 Å². The number of aromatic hydroxyl groups is 2. The molecule has 18 heavy (non-hydrogen) atoms. The summed E-state index contributed by atoms with van der Waals surface area (Å²) in [6, 6.07) is 4.61. The van der Waals surface area contributed by atoms with E-state index in [1.807, 2.05) is 6.92 Å². The molecule has 1 aromatic carbocycles. The summed E-state index contributed by atoms with van der Waals surface area (Å²) in [6.45, 7) is 2.52. The number of benzene rings is 1. The summed E-state index contributed by atoms with van der Waals surface area (Å²) in [4.78, 5) is 14.2. The van der Waals surface area contributed by atoms with Crippen molar-refractivity contribution in [1.29, 1.82) is 0 Å². The minimum Gasteiger partial charge on any atom is -0.507 e. The van der Waals surface area contributed by atoms with Gasteiger partial charge in [0.1, 0.15) is 17.1 Å². The van der Waals surface area contributed by atoms with Crippen LogP contribution in [0.5, 0.6) is 11.5 Å². The molecule has 1 aromatic rings. The average Bonchev–Trinajstić information content (AvgIpc) is 2.83. The number of carbonyl (C=O) groups is 1. The molecule has 2 N–H and O–H groups in total. The first kappa shape index (κ1) is 12.7. The second-order valence-corrected chi connectivity index (χ2v) is 4.70. The van der Waals surface area contributed by atoms with Crippen molar-refractivity contribution in [2.75, 3.05) is 6.54 Å². The van der Waals surface area contributed by atoms with E-state index in [1.165, 1.54) is 18.2 Å². The maximum Gasteiger partial charge on any atom is 0.261 e. The van der Waals surface area contributed by atoms with Crippen LogP contribution in [0.25, 0.3) is 0 Å². The number of hydrogen-bond acceptors (Lipinski definition) is 3. The smallest absolute Gasteiger partial charge is 0.261 e. The third-order valence-electron chi connectivity index (χ3n) is 3.60. The van der Waals surface area contributed by atoms with Gasteiger partial charge in [0.05, 0.1) is 0 Å². The summed E-state index contributed by atoms with van der Waals surface area (Å²) in [6.07, 6.45) is 4.30. The molecule has 1 fully saturated rings. The highest BCUT2D eigenvalue weighted by molar-refractivity contribution is 5.99. The monoisotopic (exact) mass is 249 g/mol. The van der Waals surface area contributed by atoms with Crippen molar-refractivity contribution in [3.05, 3.63) is 23.8 Å². The second-order valence-electron chi connectivity index (χ2n) is 4.70. The van der Waals surface area contributed by atoms with Crippen LogP contribution >= 0.6 is 0 Å². The van der Waals surface area contributed by atoms with E-state index in [0.29, 0.717) is 6.54 Å². The van der Waals surface area contributed by atoms with E-state index in [0.717, 1.165) is 25.7 Å². The number of hydrogen-bond donors (Lipinski definition) is 2. The predicted octanol–water partition coefficient (Wildman–Crippen LogP) is 2.50. The van der Waals surface area contributed by atoms with Gasteiger partial charge in [-0.3, -0.25) is 4.79 Å². The van der Waals surface area contributed by atoms with E-state index in [-0.39, 0.29) is 29.0 Å². The van der Waals surface area contributed by atoms with Crippen molar-refractivity contribution in [3.63, 3.8) is 0 Å². The maximum absolute atomic E-state index is 12.4. The largest absolute Gasteiger partial charge is 0.507 e. The number of nitrogens with zero attached hydrogens (tertiary/aromatic N) is 1. The molecule has 1 aliphatic rings. The molecule has 0 bridgehead atoms. The van der Waals surface area contributed by atoms with Gasteiger partial charge < -0.3 is 15.1 Å². The van der Waals surface area contributed by atoms with Crippen LogP contribution in [0.4, 0.5) is 0 Å². The maximum atomic E-state index is 12.4. The highest BCUT2D eigenvalue weighted by Gasteiger charge is 2.29. The summed E-state index contributed by atoms with van der Waals surface area (Å²) in [5.41, 5.74) is 0.0197. The lowest BCUT2D eigenvalue weighted by Crippen LogP contribution is -2.38. The molecule has 0 radical (unpaired) electrons. The molecule has 2 rings (SSSR count). The number of phenolic OH excluding ortho intramolecular Hbond substituents is 2. The Hall–Kier alpha value is -1.71. The highest BCUT2D eigenvalue weighted by Crippen LogP contribution is 2.31. The van der Waals surface area contributed by atoms with Gasteiger partial charge in [0.2, 0.25) is 0 Å². The third-order valence-corrected chi connectivity index (χ3v) is 3.60. The zero-order valence-electron chi connectivity index (χ0n) is 10.6. The fourth-order valence-electron chi connectivity index (χ4n) is 2.67. The van der Waals surface area contributed by atoms with Crippen molar-refractivity contribution < 1.29 is 15.0 Å². The van der Waals surface area contributed by atoms with Crippen molar-refractivity contribution in [3.8, 4) is 11.5 Å². The molecule has 0 atom stereocenters. The zero-order valence-corrected chi connectivity index (χ0v) is 10.6. The summed E-state index contributed by atoms with van der Waals surface area (Å²) < 4.78 is 0. The van der Waals surface area contributed by atoms with Gasteiger partial charge in [0.25, 0.3) is 5.91 Å². The van der Waals surface area contributed by atoms with Crippen molar-refractivity contribution in [1.82, 2.24) is 4.90 Å². The topological polar surface area (TPSA) is 60.8 Å². The molecular formula is C14H19NO3. The minimum absolute atomic E-state index is 0.0197. The molecule has 1 saturated carbocycles. The van der Waals surface area contributed by atoms with Crippen LogP contribution in [-0.2, 0) is 0 Å². The van der Waals surface area contributed by atoms with E-state index in [4.69, 9.17) is 0 Å². The van der Waals surface area contributed by atoms with Crippen LogP contribution in [-0.4, -0.2) is 33.6 Å². The summed E-state index contributed by atoms with van der Waals surface area (Å²) in [5, 5.41) is 19.5. The van der Waals surface area contributed by atoms with Gasteiger partial charge in [-0.2, -0.15) is 0 Å². The summed E-state index contributed by atoms with van der Waals surface area (Å²) in [7, 11) is 0. The fourth-order valence-corrected chi connectivity index (χ4v) is 2.67. The lowest BCUT2D eigenvalue weighted by molar-refractivity contribution is 0.0687. The van der Waals surface area contributed by atoms with E-state index in [2.05, 4.69) is 0 Å². The van der Waals surface area contributed by atoms with Crippen molar-refractivity contribution in [2.45, 2.75) is 38.6 Å². The van der Waals surface area contributed by atoms with Gasteiger partial charge in [0, 0.05) is 12.6 Å². The molecule has 4 heteroatoms. The van der Waals surface area contributed by atoms with E-state index >= 15 is 0 Å². The van der Waals surface area contributed by atoms with Gasteiger partial charge in [-0.15, -0.1) is 0 Å². The first-order valence-corrected chi connectivity index (χ1v) is 6.47. The second kappa shape index (κ2) is 5.29. The molecule has 98 valence electrons. The van der Waals surface area contributed by atoms with Crippen molar-refractivity contribution >= 4 is 5.91 Å². The van der Waals surface area contributed by atoms with E-state index in [9.17, 15) is 15.0 Å². The molecule has 0 spiro atoms. The lowest BCUT2D eigenvalue weighted by Gasteiger charge is -2.28. The molecule has 1 aliphatic carbocycles. The fraction of sp³-hybridized carbons (Fsp3) is 0.500. The number of carbonyl (C=O) groups excluding carboxylic acids is 1.